The van der Waals surface area contributed by atoms with Crippen molar-refractivity contribution in [3.05, 3.63) is 50.5 Å². The molecular weight excluding hydrogens is 356 g/mol. The molecule has 0 N–H and O–H groups in total. The van der Waals surface area contributed by atoms with Gasteiger partial charge in [-0.1, -0.05) is 13.3 Å². The maximum absolute atomic E-state index is 6.84. The second kappa shape index (κ2) is 6.62. The van der Waals surface area contributed by atoms with Crippen molar-refractivity contribution in [2.75, 3.05) is 24.5 Å². The summed E-state index contributed by atoms with van der Waals surface area (Å²) in [7, 11) is 0. The van der Waals surface area contributed by atoms with Crippen LogP contribution in [0, 0.1) is 0 Å². The van der Waals surface area contributed by atoms with E-state index in [0.29, 0.717) is 0 Å². The average Bonchev–Trinajstić information content (AvgIpc) is 2.76. The number of aryl methyl sites for hydroxylation is 2. The van der Waals surface area contributed by atoms with Gasteiger partial charge in [0.15, 0.2) is 0 Å². The van der Waals surface area contributed by atoms with E-state index in [-0.39, 0.29) is 0 Å². The van der Waals surface area contributed by atoms with E-state index in [1.807, 2.05) is 0 Å². The molecule has 0 aromatic heterocycles. The average molecular weight is 387 g/mol. The number of rotatable bonds is 2. The van der Waals surface area contributed by atoms with Crippen LogP contribution in [-0.4, -0.2) is 19.6 Å². The lowest BCUT2D eigenvalue weighted by molar-refractivity contribution is 0.451. The summed E-state index contributed by atoms with van der Waals surface area (Å²) in [4.78, 5) is 7.55. The molecule has 4 aliphatic heterocycles. The van der Waals surface area contributed by atoms with Crippen molar-refractivity contribution in [3.8, 4) is 11.5 Å². The molecule has 0 saturated heterocycles. The van der Waals surface area contributed by atoms with Gasteiger partial charge in [-0.15, -0.1) is 0 Å². The molecule has 29 heavy (non-hydrogen) atoms. The first-order chi connectivity index (χ1) is 14.3. The molecule has 0 atom stereocenters. The summed E-state index contributed by atoms with van der Waals surface area (Å²) >= 11 is 0. The number of nitrogens with zero attached hydrogens (tertiary/aromatic N) is 2. The summed E-state index contributed by atoms with van der Waals surface area (Å²) in [5.41, 5.74) is 10.0. The summed E-state index contributed by atoms with van der Waals surface area (Å²) in [6.07, 6.45) is 9.34. The molecule has 4 heterocycles. The molecule has 2 aromatic carbocycles. The Labute approximate surface area is 173 Å². The largest absolute Gasteiger partial charge is 0.455 e. The quantitative estimate of drug-likeness (QED) is 0.772. The van der Waals surface area contributed by atoms with E-state index in [1.165, 1.54) is 82.0 Å². The zero-order valence-electron chi connectivity index (χ0n) is 17.7. The molecule has 0 fully saturated rings. The third kappa shape index (κ3) is 2.52. The van der Waals surface area contributed by atoms with E-state index in [9.17, 15) is 0 Å². The first-order valence-electron chi connectivity index (χ1n) is 11.6. The highest BCUT2D eigenvalue weighted by Gasteiger charge is 2.32. The van der Waals surface area contributed by atoms with E-state index >= 15 is 0 Å². The summed E-state index contributed by atoms with van der Waals surface area (Å²) < 4.78 is 6.84. The van der Waals surface area contributed by atoms with Crippen LogP contribution in [0.25, 0.3) is 5.57 Å². The van der Waals surface area contributed by atoms with Gasteiger partial charge in [-0.05, 0) is 80.7 Å². The van der Waals surface area contributed by atoms with Gasteiger partial charge in [0.1, 0.15) is 11.5 Å². The highest BCUT2D eigenvalue weighted by Crippen LogP contribution is 2.47. The molecular formula is C26H30N2O. The van der Waals surface area contributed by atoms with Crippen molar-refractivity contribution in [1.29, 1.82) is 0 Å². The standard InChI is InChI=1S/C26H30N2O/c1-3-7-17-14-21-16(2)22-15-18-8-5-12-28-13-6-10-20(24(18)28)26(22)29-25(21)19-9-4-11-27-23(17)19/h14-15H,3-13H2,1-2H3. The topological polar surface area (TPSA) is 24.8 Å². The molecule has 0 saturated carbocycles. The summed E-state index contributed by atoms with van der Waals surface area (Å²) in [5.74, 6) is 2.26. The zero-order valence-corrected chi connectivity index (χ0v) is 17.7. The Morgan fingerprint density at radius 1 is 1.00 bits per heavy atom. The monoisotopic (exact) mass is 386 g/mol. The second-order valence-corrected chi connectivity index (χ2v) is 9.14. The smallest absolute Gasteiger partial charge is 0.140 e. The first-order valence-corrected chi connectivity index (χ1v) is 11.6. The SMILES string of the molecule is CCCc1cc2c(c3c1=NCCC3)Oc1c(cc3c4c1CCCN4CCC3)C=2C. The highest BCUT2D eigenvalue weighted by molar-refractivity contribution is 5.81. The van der Waals surface area contributed by atoms with Gasteiger partial charge in [0, 0.05) is 47.2 Å². The number of hydrogen-bond donors (Lipinski definition) is 0. The molecule has 0 spiro atoms. The van der Waals surface area contributed by atoms with Gasteiger partial charge in [-0.2, -0.15) is 0 Å². The maximum atomic E-state index is 6.84. The maximum Gasteiger partial charge on any atom is 0.140 e. The van der Waals surface area contributed by atoms with E-state index in [0.717, 1.165) is 50.1 Å². The molecule has 6 rings (SSSR count). The van der Waals surface area contributed by atoms with Crippen LogP contribution in [0.2, 0.25) is 0 Å². The summed E-state index contributed by atoms with van der Waals surface area (Å²) in [6.45, 7) is 7.93. The van der Waals surface area contributed by atoms with Crippen molar-refractivity contribution in [2.24, 2.45) is 4.99 Å². The van der Waals surface area contributed by atoms with Crippen LogP contribution in [0.4, 0.5) is 5.69 Å². The first kappa shape index (κ1) is 17.6. The lowest BCUT2D eigenvalue weighted by atomic mass is 9.85. The van der Waals surface area contributed by atoms with E-state index in [4.69, 9.17) is 9.73 Å². The fraction of sp³-hybridized carbons (Fsp3) is 0.500. The Morgan fingerprint density at radius 2 is 1.83 bits per heavy atom. The van der Waals surface area contributed by atoms with Crippen LogP contribution in [0.15, 0.2) is 17.1 Å². The fourth-order valence-corrected chi connectivity index (χ4v) is 5.98. The van der Waals surface area contributed by atoms with Crippen LogP contribution in [0.3, 0.4) is 0 Å². The molecule has 0 radical (unpaired) electrons. The Kier molecular flexibility index (Phi) is 4.01. The van der Waals surface area contributed by atoms with Crippen molar-refractivity contribution >= 4 is 11.3 Å². The van der Waals surface area contributed by atoms with Crippen LogP contribution in [-0.2, 0) is 25.7 Å². The minimum atomic E-state index is 0.954. The minimum Gasteiger partial charge on any atom is -0.455 e. The van der Waals surface area contributed by atoms with E-state index < -0.39 is 0 Å². The third-order valence-corrected chi connectivity index (χ3v) is 7.29. The second-order valence-electron chi connectivity index (χ2n) is 9.14. The van der Waals surface area contributed by atoms with Gasteiger partial charge in [-0.3, -0.25) is 4.99 Å². The van der Waals surface area contributed by atoms with Gasteiger partial charge in [-0.25, -0.2) is 0 Å². The van der Waals surface area contributed by atoms with Gasteiger partial charge in [0.2, 0.25) is 0 Å². The molecule has 2 aromatic rings. The molecule has 0 bridgehead atoms. The van der Waals surface area contributed by atoms with Crippen LogP contribution in [0.5, 0.6) is 11.5 Å². The number of fused-ring (bicyclic) bond motifs is 5. The Morgan fingerprint density at radius 3 is 2.69 bits per heavy atom. The lowest BCUT2D eigenvalue weighted by Gasteiger charge is -2.39. The van der Waals surface area contributed by atoms with Gasteiger partial charge in [0.05, 0.1) is 5.36 Å². The van der Waals surface area contributed by atoms with Gasteiger partial charge >= 0.3 is 0 Å². The number of anilines is 1. The highest BCUT2D eigenvalue weighted by atomic mass is 16.5. The zero-order chi connectivity index (χ0) is 19.5. The molecule has 150 valence electrons. The molecule has 3 heteroatoms. The third-order valence-electron chi connectivity index (χ3n) is 7.29. The predicted octanol–water partition coefficient (Wildman–Crippen LogP) is 4.23. The Bertz CT molecular complexity index is 1140. The number of hydrogen-bond acceptors (Lipinski definition) is 3. The number of benzene rings is 2. The molecule has 0 amide bonds. The van der Waals surface area contributed by atoms with Crippen molar-refractivity contribution in [1.82, 2.24) is 0 Å². The Hall–Kier alpha value is -2.29. The van der Waals surface area contributed by atoms with Gasteiger partial charge in [0.25, 0.3) is 0 Å². The molecule has 4 aliphatic rings. The molecule has 0 aliphatic carbocycles. The lowest BCUT2D eigenvalue weighted by Crippen LogP contribution is -2.35. The summed E-state index contributed by atoms with van der Waals surface area (Å²) in [5, 5.41) is 2.55. The summed E-state index contributed by atoms with van der Waals surface area (Å²) in [6, 6.07) is 4.84. The molecule has 0 unspecified atom stereocenters. The molecule has 3 nitrogen and oxygen atoms in total. The van der Waals surface area contributed by atoms with Crippen LogP contribution < -0.4 is 20.2 Å². The number of ether oxygens (including phenoxy) is 1. The Balaban J connectivity index is 1.66. The van der Waals surface area contributed by atoms with Crippen LogP contribution >= 0.6 is 0 Å². The van der Waals surface area contributed by atoms with Crippen molar-refractivity contribution in [2.45, 2.75) is 65.2 Å². The van der Waals surface area contributed by atoms with Crippen molar-refractivity contribution in [3.63, 3.8) is 0 Å². The van der Waals surface area contributed by atoms with E-state index in [1.54, 1.807) is 0 Å². The van der Waals surface area contributed by atoms with Crippen molar-refractivity contribution < 1.29 is 4.74 Å². The fourth-order valence-electron chi connectivity index (χ4n) is 5.98. The van der Waals surface area contributed by atoms with Gasteiger partial charge < -0.3 is 9.64 Å². The van der Waals surface area contributed by atoms with E-state index in [2.05, 4.69) is 30.9 Å². The van der Waals surface area contributed by atoms with Crippen LogP contribution in [0.1, 0.15) is 67.3 Å². The minimum absolute atomic E-state index is 0.954. The normalized spacial score (nSPS) is 18.8. The predicted molar refractivity (Wildman–Crippen MR) is 118 cm³/mol.